The highest BCUT2D eigenvalue weighted by atomic mass is 16.5. The Kier molecular flexibility index (Phi) is 25.7. The number of nitrogens with one attached hydrogen (secondary N) is 7. The number of ketones is 1. The van der Waals surface area contributed by atoms with E-state index in [1.54, 1.807) is 65.6 Å². The number of amides is 6. The van der Waals surface area contributed by atoms with Crippen LogP contribution in [0.4, 0.5) is 26.3 Å². The number of fused-ring (bicyclic) bond motifs is 6. The van der Waals surface area contributed by atoms with Gasteiger partial charge in [0.1, 0.15) is 41.3 Å². The molecule has 14 rings (SSSR count). The van der Waals surface area contributed by atoms with E-state index in [1.807, 2.05) is 150 Å². The number of esters is 1. The first kappa shape index (κ1) is 82.7. The molecule has 1 unspecified atom stereocenters. The van der Waals surface area contributed by atoms with Crippen molar-refractivity contribution in [1.82, 2.24) is 70.6 Å². The fourth-order valence-corrected chi connectivity index (χ4v) is 15.5. The number of likely N-dealkylation sites (N-methyl/N-ethyl adjacent to an activating group) is 2. The van der Waals surface area contributed by atoms with Crippen molar-refractivity contribution in [3.63, 3.8) is 0 Å². The zero-order chi connectivity index (χ0) is 83.6. The van der Waals surface area contributed by atoms with Crippen LogP contribution in [-0.2, 0) is 55.8 Å². The summed E-state index contributed by atoms with van der Waals surface area (Å²) in [5.74, 6) is 2.04. The quantitative estimate of drug-likeness (QED) is 0.0168. The van der Waals surface area contributed by atoms with E-state index in [0.717, 1.165) is 110 Å². The molecule has 6 amide bonds. The van der Waals surface area contributed by atoms with Gasteiger partial charge in [0.2, 0.25) is 17.8 Å². The van der Waals surface area contributed by atoms with Gasteiger partial charge in [-0.3, -0.25) is 34.0 Å². The molecule has 2 fully saturated rings. The molecule has 0 spiro atoms. The number of likely N-dealkylation sites (tertiary alicyclic amines) is 2. The SMILES string of the molecule is COC(=O)C[C@H](C(=O)C(C)N(C)c1nc2c([nH]1)CCOc1cc(-c3ccc(-c4cnc([C@@H]5CCCN5C(=O)[C@@H](NC(=O)OC)C(C)C)[nH]4)cc3)ccc1-2)C(C)C.COC(=O)N[C@@H](C(=O)N1CCC[C@H]1c1ncc(-c2ccc(-c3ccc4c(c3)OCCc3[nH]c(N(C)N(C)C(=O)[C@H](NC(=O)OC)c5ccccc5)nc3-4)cc2)[nH]1)c1ccccc1. The average Bonchev–Trinajstić information content (AvgIpc) is 1.63. The number of carbonyl (C=O) groups is 8. The van der Waals surface area contributed by atoms with Crippen molar-refractivity contribution in [1.29, 1.82) is 0 Å². The van der Waals surface area contributed by atoms with Gasteiger partial charge in [0.15, 0.2) is 5.78 Å². The Morgan fingerprint density at radius 2 is 0.949 bits per heavy atom. The van der Waals surface area contributed by atoms with Crippen LogP contribution in [0.1, 0.15) is 125 Å². The number of hydrogen-bond acceptors (Lipinski definition) is 20. The maximum Gasteiger partial charge on any atom is 0.407 e. The van der Waals surface area contributed by atoms with E-state index in [0.29, 0.717) is 79.6 Å². The molecule has 7 N–H and O–H groups in total. The normalized spacial score (nSPS) is 15.8. The highest BCUT2D eigenvalue weighted by Gasteiger charge is 2.41. The number of ether oxygens (including phenoxy) is 6. The number of benzene rings is 6. The molecule has 0 bridgehead atoms. The Morgan fingerprint density at radius 1 is 0.508 bits per heavy atom. The molecular weight excluding hydrogens is 1510 g/mol. The second kappa shape index (κ2) is 36.7. The van der Waals surface area contributed by atoms with Crippen LogP contribution in [0.2, 0.25) is 0 Å². The fraction of sp³-hybridized carbons (Fsp3) is 0.364. The van der Waals surface area contributed by atoms with E-state index in [-0.39, 0.29) is 53.8 Å². The lowest BCUT2D eigenvalue weighted by Crippen LogP contribution is -2.51. The van der Waals surface area contributed by atoms with E-state index < -0.39 is 54.3 Å². The van der Waals surface area contributed by atoms with Gasteiger partial charge in [-0.25, -0.2) is 34.3 Å². The molecule has 4 aliphatic rings. The van der Waals surface area contributed by atoms with Gasteiger partial charge in [0.05, 0.1) is 101 Å². The van der Waals surface area contributed by atoms with Crippen molar-refractivity contribution < 1.29 is 66.8 Å². The molecule has 6 aromatic carbocycles. The van der Waals surface area contributed by atoms with Gasteiger partial charge in [-0.1, -0.05) is 149 Å². The highest BCUT2D eigenvalue weighted by molar-refractivity contribution is 5.93. The summed E-state index contributed by atoms with van der Waals surface area (Å²) in [4.78, 5) is 142. The zero-order valence-corrected chi connectivity index (χ0v) is 68.2. The second-order valence-corrected chi connectivity index (χ2v) is 30.3. The van der Waals surface area contributed by atoms with Crippen molar-refractivity contribution in [3.05, 3.63) is 192 Å². The Labute approximate surface area is 684 Å². The number of imidazole rings is 4. The minimum atomic E-state index is -0.986. The molecule has 0 radical (unpaired) electrons. The van der Waals surface area contributed by atoms with E-state index in [9.17, 15) is 38.4 Å². The number of Topliss-reactive ketones (excluding diaryl/α,β-unsaturated/α-hetero) is 1. The van der Waals surface area contributed by atoms with Gasteiger partial charge in [0, 0.05) is 75.5 Å². The Bertz CT molecular complexity index is 5260. The Balaban J connectivity index is 0.000000206. The topological polar surface area (TPSA) is 359 Å². The van der Waals surface area contributed by atoms with Crippen LogP contribution in [0, 0.1) is 17.8 Å². The summed E-state index contributed by atoms with van der Waals surface area (Å²) in [6.45, 7) is 11.5. The summed E-state index contributed by atoms with van der Waals surface area (Å²) in [6.07, 6.45) is 5.93. The van der Waals surface area contributed by atoms with Crippen LogP contribution < -0.4 is 35.3 Å². The van der Waals surface area contributed by atoms with Crippen LogP contribution in [-0.4, -0.2) is 190 Å². The van der Waals surface area contributed by atoms with Gasteiger partial charge in [-0.05, 0) is 113 Å². The summed E-state index contributed by atoms with van der Waals surface area (Å²) < 4.78 is 31.7. The molecule has 30 nitrogen and oxygen atoms in total. The Hall–Kier alpha value is -13.3. The predicted octanol–water partition coefficient (Wildman–Crippen LogP) is 13.1. The molecule has 30 heteroatoms. The number of hydrogen-bond donors (Lipinski definition) is 7. The number of carbonyl (C=O) groups excluding carboxylic acids is 8. The van der Waals surface area contributed by atoms with Gasteiger partial charge in [-0.2, -0.15) is 0 Å². The van der Waals surface area contributed by atoms with Crippen molar-refractivity contribution >= 4 is 59.7 Å². The number of methoxy groups -OCH3 is 4. The third-order valence-electron chi connectivity index (χ3n) is 22.4. The molecule has 0 saturated carbocycles. The Morgan fingerprint density at radius 3 is 1.42 bits per heavy atom. The molecule has 616 valence electrons. The summed E-state index contributed by atoms with van der Waals surface area (Å²) in [5.41, 5.74) is 13.8. The molecule has 118 heavy (non-hydrogen) atoms. The number of rotatable bonds is 24. The number of anilines is 2. The second-order valence-electron chi connectivity index (χ2n) is 30.3. The third kappa shape index (κ3) is 18.0. The van der Waals surface area contributed by atoms with E-state index in [4.69, 9.17) is 43.4 Å². The number of H-pyrrole nitrogens is 4. The van der Waals surface area contributed by atoms with Crippen LogP contribution in [0.3, 0.4) is 0 Å². The predicted molar refractivity (Wildman–Crippen MR) is 442 cm³/mol. The molecule has 10 aromatic rings. The minimum Gasteiger partial charge on any atom is -0.492 e. The largest absolute Gasteiger partial charge is 0.492 e. The standard InChI is InChI=1S/C46H47N9O7.C42H53N7O7/c1-53(42(56)38(51-45(58)60-3)30-12-7-5-8-13-30)54(2)44-49-34-23-25-62-37-26-32(21-22-33(37)40(34)50-44)28-17-19-29(20-18-28)35-27-47-41(48-35)36-16-11-24-55(36)43(57)39(52-46(59)61-4)31-14-9-6-10-15-31;1-23(2)30(21-35(50)54-7)38(51)25(5)48(6)41-45-31-17-19-56-34-20-28(15-16-29(34)37(31)46-41)26-11-13-27(14-12-26)32-22-43-39(44-32)33-10-9-18-49(33)40(52)36(24(3)4)47-42(53)55-8/h5-10,12-15,17-22,26-27,36,38-39H,11,16,23-25H2,1-4H3,(H,47,48)(H,49,50)(H,51,58)(H,52,59);11-16,20,22-25,30,33,36H,9-10,17-19,21H2,1-8H3,(H,43,44)(H,45,46)(H,47,53)/t36-,38+,39+;25?,30-,33-,36-/m00/s1. The summed E-state index contributed by atoms with van der Waals surface area (Å²) in [5, 5.41) is 11.1. The fourth-order valence-electron chi connectivity index (χ4n) is 15.5. The van der Waals surface area contributed by atoms with Gasteiger partial charge < -0.3 is 79.0 Å². The van der Waals surface area contributed by atoms with E-state index in [1.165, 1.54) is 33.4 Å². The minimum absolute atomic E-state index is 0.0204. The van der Waals surface area contributed by atoms with Gasteiger partial charge in [0.25, 0.3) is 11.8 Å². The maximum atomic E-state index is 13.9. The lowest BCUT2D eigenvalue weighted by Gasteiger charge is -2.31. The average molecular weight is 1610 g/mol. The number of aromatic nitrogens is 8. The van der Waals surface area contributed by atoms with Crippen molar-refractivity contribution in [2.24, 2.45) is 17.8 Å². The summed E-state index contributed by atoms with van der Waals surface area (Å²) in [6, 6.07) is 43.0. The van der Waals surface area contributed by atoms with Crippen molar-refractivity contribution in [2.75, 3.05) is 85.8 Å². The maximum absolute atomic E-state index is 13.9. The first-order valence-corrected chi connectivity index (χ1v) is 39.6. The van der Waals surface area contributed by atoms with Crippen molar-refractivity contribution in [2.45, 2.75) is 116 Å². The van der Waals surface area contributed by atoms with Crippen LogP contribution in [0.15, 0.2) is 158 Å². The first-order chi connectivity index (χ1) is 56.9. The molecule has 2 saturated heterocycles. The van der Waals surface area contributed by atoms with E-state index in [2.05, 4.69) is 59.1 Å². The lowest BCUT2D eigenvalue weighted by atomic mass is 9.85. The summed E-state index contributed by atoms with van der Waals surface area (Å²) >= 11 is 0. The number of nitrogens with zero attached hydrogens (tertiary/aromatic N) is 9. The third-order valence-corrected chi connectivity index (χ3v) is 22.4. The summed E-state index contributed by atoms with van der Waals surface area (Å²) in [7, 11) is 10.3. The van der Waals surface area contributed by atoms with Gasteiger partial charge >= 0.3 is 24.2 Å². The smallest absolute Gasteiger partial charge is 0.407 e. The van der Waals surface area contributed by atoms with E-state index >= 15 is 0 Å². The number of aromatic amines is 4. The first-order valence-electron chi connectivity index (χ1n) is 39.6. The number of hydrazine groups is 1. The van der Waals surface area contributed by atoms with Crippen LogP contribution >= 0.6 is 0 Å². The monoisotopic (exact) mass is 1600 g/mol. The molecule has 0 aliphatic carbocycles. The molecule has 7 atom stereocenters. The molecular formula is C88H100N16O14. The van der Waals surface area contributed by atoms with Crippen molar-refractivity contribution in [3.8, 4) is 78.8 Å². The highest BCUT2D eigenvalue weighted by Crippen LogP contribution is 2.43. The molecule has 4 aromatic heterocycles. The molecule has 8 heterocycles. The van der Waals surface area contributed by atoms with Gasteiger partial charge in [-0.15, -0.1) is 0 Å². The van der Waals surface area contributed by atoms with Crippen LogP contribution in [0.5, 0.6) is 11.5 Å². The number of alkyl carbamates (subject to hydrolysis) is 3. The van der Waals surface area contributed by atoms with Crippen LogP contribution in [0.25, 0.3) is 67.3 Å². The lowest BCUT2D eigenvalue weighted by molar-refractivity contribution is -0.144. The molecule has 4 aliphatic heterocycles. The zero-order valence-electron chi connectivity index (χ0n) is 68.2.